The summed E-state index contributed by atoms with van der Waals surface area (Å²) in [6.45, 7) is 4.27. The Morgan fingerprint density at radius 3 is 3.05 bits per heavy atom. The van der Waals surface area contributed by atoms with Gasteiger partial charge < -0.3 is 15.7 Å². The molecule has 1 heterocycles. The minimum Gasteiger partial charge on any atom is -0.384 e. The normalized spacial score (nSPS) is 19.8. The summed E-state index contributed by atoms with van der Waals surface area (Å²) in [7, 11) is 0. The van der Waals surface area contributed by atoms with Crippen LogP contribution in [0.25, 0.3) is 0 Å². The van der Waals surface area contributed by atoms with Crippen molar-refractivity contribution in [3.05, 3.63) is 10.6 Å². The first-order valence-corrected chi connectivity index (χ1v) is 7.57. The largest absolute Gasteiger partial charge is 0.384 e. The van der Waals surface area contributed by atoms with Gasteiger partial charge in [-0.1, -0.05) is 6.92 Å². The van der Waals surface area contributed by atoms with E-state index in [1.807, 2.05) is 11.8 Å². The molecule has 0 spiro atoms. The van der Waals surface area contributed by atoms with Crippen LogP contribution in [0.4, 0.5) is 5.13 Å². The van der Waals surface area contributed by atoms with E-state index in [1.54, 1.807) is 0 Å². The third kappa shape index (κ3) is 3.06. The highest BCUT2D eigenvalue weighted by Crippen LogP contribution is 2.30. The van der Waals surface area contributed by atoms with Crippen molar-refractivity contribution in [2.75, 3.05) is 12.3 Å². The van der Waals surface area contributed by atoms with Gasteiger partial charge in [-0.05, 0) is 26.2 Å². The van der Waals surface area contributed by atoms with Gasteiger partial charge >= 0.3 is 0 Å². The van der Waals surface area contributed by atoms with Crippen LogP contribution in [-0.4, -0.2) is 39.6 Å². The highest BCUT2D eigenvalue weighted by molar-refractivity contribution is 7.15. The second-order valence-corrected chi connectivity index (χ2v) is 6.14. The predicted octanol–water partition coefficient (Wildman–Crippen LogP) is 1.20. The fraction of sp³-hybridized carbons (Fsp3) is 0.692. The Hall–Kier alpha value is -1.14. The summed E-state index contributed by atoms with van der Waals surface area (Å²) in [5.74, 6) is -0.173. The molecule has 1 aromatic heterocycles. The highest BCUT2D eigenvalue weighted by atomic mass is 32.1. The summed E-state index contributed by atoms with van der Waals surface area (Å²) in [5.41, 5.74) is 6.82. The van der Waals surface area contributed by atoms with Gasteiger partial charge in [0, 0.05) is 23.9 Å². The van der Waals surface area contributed by atoms with E-state index in [9.17, 15) is 9.90 Å². The van der Waals surface area contributed by atoms with E-state index in [4.69, 9.17) is 5.73 Å². The molecule has 0 saturated heterocycles. The van der Waals surface area contributed by atoms with Crippen molar-refractivity contribution in [1.29, 1.82) is 0 Å². The van der Waals surface area contributed by atoms with E-state index < -0.39 is 6.10 Å². The maximum Gasteiger partial charge on any atom is 0.251 e. The first-order valence-electron chi connectivity index (χ1n) is 6.75. The van der Waals surface area contributed by atoms with Crippen LogP contribution in [-0.2, 0) is 17.6 Å². The molecule has 3 N–H and O–H groups in total. The molecule has 106 valence electrons. The molecule has 2 rings (SSSR count). The number of aromatic nitrogens is 1. The molecule has 1 amide bonds. The Bertz CT molecular complexity index is 459. The molecule has 0 radical (unpaired) electrons. The molecule has 1 aliphatic carbocycles. The summed E-state index contributed by atoms with van der Waals surface area (Å²) in [6.07, 6.45) is 2.53. The fourth-order valence-corrected chi connectivity index (χ4v) is 3.55. The van der Waals surface area contributed by atoms with E-state index in [1.165, 1.54) is 23.1 Å². The minimum atomic E-state index is -0.931. The molecule has 2 unspecified atom stereocenters. The van der Waals surface area contributed by atoms with Crippen molar-refractivity contribution in [3.63, 3.8) is 0 Å². The van der Waals surface area contributed by atoms with E-state index in [2.05, 4.69) is 4.98 Å². The Labute approximate surface area is 117 Å². The molecule has 2 atom stereocenters. The number of nitrogens with zero attached hydrogens (tertiary/aromatic N) is 2. The molecule has 0 aliphatic heterocycles. The zero-order valence-electron chi connectivity index (χ0n) is 11.4. The fourth-order valence-electron chi connectivity index (χ4n) is 2.60. The lowest BCUT2D eigenvalue weighted by Crippen LogP contribution is -2.47. The topological polar surface area (TPSA) is 79.5 Å². The zero-order chi connectivity index (χ0) is 14.0. The summed E-state index contributed by atoms with van der Waals surface area (Å²) in [5, 5.41) is 10.1. The Balaban J connectivity index is 2.14. The van der Waals surface area contributed by atoms with Crippen LogP contribution in [0.3, 0.4) is 0 Å². The first-order chi connectivity index (χ1) is 9.02. The Morgan fingerprint density at radius 2 is 2.42 bits per heavy atom. The summed E-state index contributed by atoms with van der Waals surface area (Å²) in [4.78, 5) is 19.4. The number of hydrogen-bond donors (Lipinski definition) is 2. The third-order valence-electron chi connectivity index (χ3n) is 3.48. The van der Waals surface area contributed by atoms with Crippen LogP contribution >= 0.6 is 11.3 Å². The van der Waals surface area contributed by atoms with Gasteiger partial charge in [-0.2, -0.15) is 0 Å². The van der Waals surface area contributed by atoms with Crippen LogP contribution < -0.4 is 5.73 Å². The van der Waals surface area contributed by atoms with Crippen molar-refractivity contribution in [3.8, 4) is 0 Å². The molecule has 1 aliphatic rings. The number of carbonyl (C=O) groups is 1. The summed E-state index contributed by atoms with van der Waals surface area (Å²) >= 11 is 1.52. The van der Waals surface area contributed by atoms with Crippen LogP contribution in [0.15, 0.2) is 0 Å². The van der Waals surface area contributed by atoms with Crippen molar-refractivity contribution < 1.29 is 9.90 Å². The SMILES string of the molecule is CCCN(C(=O)C(C)O)C1CCc2nc(N)sc2C1. The number of aryl methyl sites for hydroxylation is 1. The Kier molecular flexibility index (Phi) is 4.42. The molecule has 0 fully saturated rings. The minimum absolute atomic E-state index is 0.161. The van der Waals surface area contributed by atoms with Gasteiger partial charge in [0.2, 0.25) is 0 Å². The summed E-state index contributed by atoms with van der Waals surface area (Å²) < 4.78 is 0. The van der Waals surface area contributed by atoms with Crippen LogP contribution in [0, 0.1) is 0 Å². The first kappa shape index (κ1) is 14.3. The monoisotopic (exact) mass is 283 g/mol. The lowest BCUT2D eigenvalue weighted by molar-refractivity contribution is -0.142. The number of nitrogen functional groups attached to an aromatic ring is 1. The number of carbonyl (C=O) groups excluding carboxylic acids is 1. The zero-order valence-corrected chi connectivity index (χ0v) is 12.2. The smallest absolute Gasteiger partial charge is 0.251 e. The van der Waals surface area contributed by atoms with Crippen LogP contribution in [0.2, 0.25) is 0 Å². The number of thiazole rings is 1. The lowest BCUT2D eigenvalue weighted by atomic mass is 9.95. The molecule has 19 heavy (non-hydrogen) atoms. The number of fused-ring (bicyclic) bond motifs is 1. The quantitative estimate of drug-likeness (QED) is 0.870. The number of aliphatic hydroxyl groups excluding tert-OH is 1. The molecular weight excluding hydrogens is 262 g/mol. The van der Waals surface area contributed by atoms with Gasteiger partial charge in [-0.15, -0.1) is 11.3 Å². The molecule has 6 heteroatoms. The van der Waals surface area contributed by atoms with Crippen molar-refractivity contribution in [2.24, 2.45) is 0 Å². The number of hydrogen-bond acceptors (Lipinski definition) is 5. The highest BCUT2D eigenvalue weighted by Gasteiger charge is 2.30. The molecule has 5 nitrogen and oxygen atoms in total. The average molecular weight is 283 g/mol. The van der Waals surface area contributed by atoms with Crippen molar-refractivity contribution in [1.82, 2.24) is 9.88 Å². The van der Waals surface area contributed by atoms with E-state index in [0.717, 1.165) is 31.4 Å². The predicted molar refractivity (Wildman–Crippen MR) is 76.0 cm³/mol. The molecule has 0 saturated carbocycles. The number of amides is 1. The molecule has 0 bridgehead atoms. The standard InChI is InChI=1S/C13H21N3O2S/c1-3-6-16(12(18)8(2)17)9-4-5-10-11(7-9)19-13(14)15-10/h8-9,17H,3-7H2,1-2H3,(H2,14,15). The second-order valence-electron chi connectivity index (χ2n) is 5.03. The maximum atomic E-state index is 12.1. The average Bonchev–Trinajstić information content (AvgIpc) is 2.74. The number of rotatable bonds is 4. The van der Waals surface area contributed by atoms with Gasteiger partial charge in [-0.3, -0.25) is 4.79 Å². The number of nitrogens with two attached hydrogens (primary N) is 1. The molecule has 1 aromatic rings. The number of aliphatic hydroxyl groups is 1. The van der Waals surface area contributed by atoms with Crippen LogP contribution in [0.1, 0.15) is 37.3 Å². The van der Waals surface area contributed by atoms with Gasteiger partial charge in [0.15, 0.2) is 5.13 Å². The van der Waals surface area contributed by atoms with Crippen LogP contribution in [0.5, 0.6) is 0 Å². The third-order valence-corrected chi connectivity index (χ3v) is 4.43. The molecular formula is C13H21N3O2S. The van der Waals surface area contributed by atoms with E-state index >= 15 is 0 Å². The lowest BCUT2D eigenvalue weighted by Gasteiger charge is -2.34. The van der Waals surface area contributed by atoms with E-state index in [-0.39, 0.29) is 11.9 Å². The molecule has 0 aromatic carbocycles. The van der Waals surface area contributed by atoms with E-state index in [0.29, 0.717) is 11.7 Å². The van der Waals surface area contributed by atoms with Gasteiger partial charge in [-0.25, -0.2) is 4.98 Å². The maximum absolute atomic E-state index is 12.1. The Morgan fingerprint density at radius 1 is 1.68 bits per heavy atom. The van der Waals surface area contributed by atoms with Crippen molar-refractivity contribution in [2.45, 2.75) is 51.7 Å². The second kappa shape index (κ2) is 5.88. The van der Waals surface area contributed by atoms with Gasteiger partial charge in [0.25, 0.3) is 5.91 Å². The van der Waals surface area contributed by atoms with Gasteiger partial charge in [0.1, 0.15) is 6.10 Å². The van der Waals surface area contributed by atoms with Gasteiger partial charge in [0.05, 0.1) is 5.69 Å². The summed E-state index contributed by atoms with van der Waals surface area (Å²) in [6, 6.07) is 0.161. The number of anilines is 1. The van der Waals surface area contributed by atoms with Crippen molar-refractivity contribution >= 4 is 22.4 Å².